The lowest BCUT2D eigenvalue weighted by atomic mass is 9.83. The van der Waals surface area contributed by atoms with Gasteiger partial charge >= 0.3 is 5.97 Å². The van der Waals surface area contributed by atoms with Crippen LogP contribution in [0.2, 0.25) is 0 Å². The minimum absolute atomic E-state index is 0.0474. The van der Waals surface area contributed by atoms with Gasteiger partial charge in [0.15, 0.2) is 5.79 Å². The van der Waals surface area contributed by atoms with Crippen LogP contribution in [0.15, 0.2) is 0 Å². The van der Waals surface area contributed by atoms with Crippen LogP contribution < -0.4 is 0 Å². The average Bonchev–Trinajstić information content (AvgIpc) is 2.72. The van der Waals surface area contributed by atoms with Crippen LogP contribution in [0, 0.1) is 11.8 Å². The average molecular weight is 314 g/mol. The second-order valence-electron chi connectivity index (χ2n) is 6.78. The van der Waals surface area contributed by atoms with Crippen LogP contribution >= 0.6 is 0 Å². The molecule has 0 amide bonds. The lowest BCUT2D eigenvalue weighted by Gasteiger charge is -2.45. The number of ketones is 1. The Bertz CT molecular complexity index is 460. The van der Waals surface area contributed by atoms with Crippen LogP contribution in [0.1, 0.15) is 47.5 Å². The highest BCUT2D eigenvalue weighted by atomic mass is 16.8. The summed E-state index contributed by atoms with van der Waals surface area (Å²) in [6.45, 7) is 8.84. The zero-order chi connectivity index (χ0) is 16.7. The molecule has 2 aliphatic rings. The summed E-state index contributed by atoms with van der Waals surface area (Å²) in [6.07, 6.45) is 0.291. The molecule has 2 unspecified atom stereocenters. The van der Waals surface area contributed by atoms with Gasteiger partial charge in [-0.3, -0.25) is 4.79 Å². The number of methoxy groups -OCH3 is 1. The van der Waals surface area contributed by atoms with E-state index in [1.165, 1.54) is 7.11 Å². The van der Waals surface area contributed by atoms with E-state index < -0.39 is 23.6 Å². The number of hydrogen-bond acceptors (Lipinski definition) is 6. The second kappa shape index (κ2) is 5.91. The van der Waals surface area contributed by atoms with Crippen LogP contribution in [0.5, 0.6) is 0 Å². The molecule has 2 fully saturated rings. The van der Waals surface area contributed by atoms with Gasteiger partial charge in [-0.05, 0) is 33.6 Å². The molecule has 2 aliphatic heterocycles. The summed E-state index contributed by atoms with van der Waals surface area (Å²) < 4.78 is 22.8. The number of hydrogen-bond donors (Lipinski definition) is 0. The number of esters is 1. The van der Waals surface area contributed by atoms with Gasteiger partial charge in [0.1, 0.15) is 5.78 Å². The predicted molar refractivity (Wildman–Crippen MR) is 77.9 cm³/mol. The summed E-state index contributed by atoms with van der Waals surface area (Å²) in [4.78, 5) is 23.8. The van der Waals surface area contributed by atoms with Crippen LogP contribution in [0.3, 0.4) is 0 Å². The Balaban J connectivity index is 2.34. The van der Waals surface area contributed by atoms with Gasteiger partial charge in [0.2, 0.25) is 11.9 Å². The fourth-order valence-corrected chi connectivity index (χ4v) is 3.23. The van der Waals surface area contributed by atoms with E-state index in [1.807, 2.05) is 13.8 Å². The summed E-state index contributed by atoms with van der Waals surface area (Å²) in [7, 11) is 1.31. The molecule has 2 rings (SSSR count). The number of ether oxygens (including phenoxy) is 4. The molecular formula is C16H26O6. The van der Waals surface area contributed by atoms with E-state index in [0.29, 0.717) is 0 Å². The molecular weight excluding hydrogens is 288 g/mol. The van der Waals surface area contributed by atoms with Gasteiger partial charge in [0, 0.05) is 11.8 Å². The summed E-state index contributed by atoms with van der Waals surface area (Å²) in [5, 5.41) is 0. The Labute approximate surface area is 131 Å². The highest BCUT2D eigenvalue weighted by molar-refractivity contribution is 5.78. The zero-order valence-electron chi connectivity index (χ0n) is 14.2. The largest absolute Gasteiger partial charge is 0.467 e. The number of carbonyl (C=O) groups excluding carboxylic acids is 2. The smallest absolute Gasteiger partial charge is 0.340 e. The SMILES string of the molecule is COC(=O)C1OC(C)(C)O[C@@]12O[C@H]([C@H](C)C(C)=O)CCC2C. The molecule has 6 nitrogen and oxygen atoms in total. The molecule has 0 aromatic rings. The van der Waals surface area contributed by atoms with E-state index in [4.69, 9.17) is 18.9 Å². The first-order chi connectivity index (χ1) is 10.1. The molecule has 0 aromatic heterocycles. The van der Waals surface area contributed by atoms with Gasteiger partial charge in [-0.1, -0.05) is 13.8 Å². The van der Waals surface area contributed by atoms with Gasteiger partial charge in [0.05, 0.1) is 13.2 Å². The number of carbonyl (C=O) groups is 2. The molecule has 0 N–H and O–H groups in total. The Morgan fingerprint density at radius 1 is 1.23 bits per heavy atom. The first-order valence-corrected chi connectivity index (χ1v) is 7.77. The maximum absolute atomic E-state index is 12.2. The molecule has 1 spiro atoms. The van der Waals surface area contributed by atoms with Gasteiger partial charge in [-0.25, -0.2) is 4.79 Å². The predicted octanol–water partition coefficient (Wildman–Crippen LogP) is 2.05. The normalized spacial score (nSPS) is 38.7. The highest BCUT2D eigenvalue weighted by Gasteiger charge is 2.63. The minimum atomic E-state index is -1.21. The Kier molecular flexibility index (Phi) is 4.66. The third kappa shape index (κ3) is 2.92. The number of rotatable bonds is 3. The third-order valence-electron chi connectivity index (χ3n) is 4.69. The fourth-order valence-electron chi connectivity index (χ4n) is 3.23. The van der Waals surface area contributed by atoms with E-state index in [1.54, 1.807) is 20.8 Å². The van der Waals surface area contributed by atoms with E-state index >= 15 is 0 Å². The van der Waals surface area contributed by atoms with Crippen molar-refractivity contribution in [2.24, 2.45) is 11.8 Å². The van der Waals surface area contributed by atoms with Gasteiger partial charge in [-0.15, -0.1) is 0 Å². The van der Waals surface area contributed by atoms with Crippen molar-refractivity contribution in [2.75, 3.05) is 7.11 Å². The number of Topliss-reactive ketones (excluding diaryl/α,β-unsaturated/α-hetero) is 1. The van der Waals surface area contributed by atoms with Crippen LogP contribution in [0.25, 0.3) is 0 Å². The molecule has 0 aromatic carbocycles. The standard InChI is InChI=1S/C16H26O6/c1-9-7-8-12(10(2)11(3)17)20-16(9)13(14(18)19-6)21-15(4,5)22-16/h9-10,12-13H,7-8H2,1-6H3/t9?,10-,12+,13?,16-/m1/s1. The molecule has 126 valence electrons. The quantitative estimate of drug-likeness (QED) is 0.743. The van der Waals surface area contributed by atoms with Crippen LogP contribution in [-0.4, -0.2) is 42.6 Å². The van der Waals surface area contributed by atoms with Crippen molar-refractivity contribution in [1.82, 2.24) is 0 Å². The first-order valence-electron chi connectivity index (χ1n) is 7.77. The van der Waals surface area contributed by atoms with Crippen molar-refractivity contribution in [1.29, 1.82) is 0 Å². The third-order valence-corrected chi connectivity index (χ3v) is 4.69. The lowest BCUT2D eigenvalue weighted by molar-refractivity contribution is -0.316. The maximum atomic E-state index is 12.2. The van der Waals surface area contributed by atoms with Gasteiger partial charge in [-0.2, -0.15) is 0 Å². The maximum Gasteiger partial charge on any atom is 0.340 e. The second-order valence-corrected chi connectivity index (χ2v) is 6.78. The van der Waals surface area contributed by atoms with E-state index in [2.05, 4.69) is 0 Å². The van der Waals surface area contributed by atoms with Crippen molar-refractivity contribution in [3.8, 4) is 0 Å². The Morgan fingerprint density at radius 2 is 1.86 bits per heavy atom. The monoisotopic (exact) mass is 314 g/mol. The van der Waals surface area contributed by atoms with Crippen molar-refractivity contribution < 1.29 is 28.5 Å². The summed E-state index contributed by atoms with van der Waals surface area (Å²) in [5.41, 5.74) is 0. The van der Waals surface area contributed by atoms with Crippen molar-refractivity contribution in [3.05, 3.63) is 0 Å². The topological polar surface area (TPSA) is 71.1 Å². The van der Waals surface area contributed by atoms with Crippen LogP contribution in [0.4, 0.5) is 0 Å². The van der Waals surface area contributed by atoms with Gasteiger partial charge in [0.25, 0.3) is 0 Å². The minimum Gasteiger partial charge on any atom is -0.467 e. The zero-order valence-corrected chi connectivity index (χ0v) is 14.2. The van der Waals surface area contributed by atoms with Crippen molar-refractivity contribution in [3.63, 3.8) is 0 Å². The molecule has 2 saturated heterocycles. The summed E-state index contributed by atoms with van der Waals surface area (Å²) in [6, 6.07) is 0. The lowest BCUT2D eigenvalue weighted by Crippen LogP contribution is -2.57. The highest BCUT2D eigenvalue weighted by Crippen LogP contribution is 2.48. The van der Waals surface area contributed by atoms with E-state index in [0.717, 1.165) is 12.8 Å². The summed E-state index contributed by atoms with van der Waals surface area (Å²) >= 11 is 0. The van der Waals surface area contributed by atoms with Crippen molar-refractivity contribution in [2.45, 2.75) is 71.2 Å². The molecule has 0 bridgehead atoms. The van der Waals surface area contributed by atoms with Gasteiger partial charge < -0.3 is 18.9 Å². The molecule has 2 heterocycles. The van der Waals surface area contributed by atoms with E-state index in [-0.39, 0.29) is 23.7 Å². The molecule has 0 saturated carbocycles. The summed E-state index contributed by atoms with van der Waals surface area (Å²) in [5.74, 6) is -2.92. The van der Waals surface area contributed by atoms with Crippen molar-refractivity contribution >= 4 is 11.8 Å². The Hall–Kier alpha value is -0.980. The van der Waals surface area contributed by atoms with E-state index in [9.17, 15) is 9.59 Å². The Morgan fingerprint density at radius 3 is 2.41 bits per heavy atom. The van der Waals surface area contributed by atoms with Crippen LogP contribution in [-0.2, 0) is 28.5 Å². The molecule has 22 heavy (non-hydrogen) atoms. The molecule has 6 heteroatoms. The first kappa shape index (κ1) is 17.4. The molecule has 0 radical (unpaired) electrons. The molecule has 0 aliphatic carbocycles. The molecule has 5 atom stereocenters. The fraction of sp³-hybridized carbons (Fsp3) is 0.875.